The van der Waals surface area contributed by atoms with Gasteiger partial charge in [-0.05, 0) is 55.4 Å². The zero-order chi connectivity index (χ0) is 12.3. The average molecular weight is 236 g/mol. The molecule has 1 fully saturated rings. The molecule has 2 unspecified atom stereocenters. The molecule has 1 saturated carbocycles. The van der Waals surface area contributed by atoms with Gasteiger partial charge in [-0.3, -0.25) is 0 Å². The van der Waals surface area contributed by atoms with E-state index in [2.05, 4.69) is 19.9 Å². The summed E-state index contributed by atoms with van der Waals surface area (Å²) in [5.41, 5.74) is 1.67. The first kappa shape index (κ1) is 13.1. The van der Waals surface area contributed by atoms with Gasteiger partial charge in [0.15, 0.2) is 0 Å². The van der Waals surface area contributed by atoms with Crippen LogP contribution < -0.4 is 0 Å². The number of aliphatic hydroxyl groups excluding tert-OH is 1. The second-order valence-electron chi connectivity index (χ2n) is 6.66. The van der Waals surface area contributed by atoms with Crippen LogP contribution in [0.4, 0.5) is 0 Å². The molecule has 0 radical (unpaired) electrons. The molecule has 2 aliphatic carbocycles. The molecule has 17 heavy (non-hydrogen) atoms. The van der Waals surface area contributed by atoms with Crippen molar-refractivity contribution in [2.45, 2.75) is 77.7 Å². The van der Waals surface area contributed by atoms with Crippen molar-refractivity contribution in [3.8, 4) is 0 Å². The van der Waals surface area contributed by atoms with E-state index < -0.39 is 0 Å². The molecule has 2 aliphatic rings. The van der Waals surface area contributed by atoms with Crippen molar-refractivity contribution in [3.05, 3.63) is 11.6 Å². The third-order valence-electron chi connectivity index (χ3n) is 4.93. The lowest BCUT2D eigenvalue weighted by molar-refractivity contribution is 0.0241. The van der Waals surface area contributed by atoms with E-state index in [1.54, 1.807) is 0 Å². The van der Waals surface area contributed by atoms with E-state index in [9.17, 15) is 5.11 Å². The van der Waals surface area contributed by atoms with Gasteiger partial charge in [0.1, 0.15) is 0 Å². The summed E-state index contributed by atoms with van der Waals surface area (Å²) >= 11 is 0. The van der Waals surface area contributed by atoms with Crippen LogP contribution in [-0.2, 0) is 0 Å². The van der Waals surface area contributed by atoms with Crippen LogP contribution in [0, 0.1) is 11.3 Å². The summed E-state index contributed by atoms with van der Waals surface area (Å²) in [6.45, 7) is 4.69. The first-order valence-electron chi connectivity index (χ1n) is 7.48. The molecule has 0 aromatic carbocycles. The van der Waals surface area contributed by atoms with E-state index in [0.717, 1.165) is 6.42 Å². The lowest BCUT2D eigenvalue weighted by Gasteiger charge is -2.42. The van der Waals surface area contributed by atoms with E-state index in [1.165, 1.54) is 56.9 Å². The third-order valence-corrected chi connectivity index (χ3v) is 4.93. The SMILES string of the molecule is CC1(C)CCCCC1C(O)C1=CCCCCC1. The highest BCUT2D eigenvalue weighted by molar-refractivity contribution is 5.12. The summed E-state index contributed by atoms with van der Waals surface area (Å²) in [6, 6.07) is 0. The Bertz CT molecular complexity index is 277. The first-order chi connectivity index (χ1) is 8.11. The van der Waals surface area contributed by atoms with E-state index in [4.69, 9.17) is 0 Å². The molecule has 0 amide bonds. The molecule has 0 aliphatic heterocycles. The Labute approximate surface area is 106 Å². The molecule has 0 aromatic heterocycles. The van der Waals surface area contributed by atoms with Crippen LogP contribution in [0.25, 0.3) is 0 Å². The number of hydrogen-bond acceptors (Lipinski definition) is 1. The fourth-order valence-electron chi connectivity index (χ4n) is 3.67. The van der Waals surface area contributed by atoms with Crippen LogP contribution in [0.1, 0.15) is 71.6 Å². The van der Waals surface area contributed by atoms with Gasteiger partial charge in [0.05, 0.1) is 6.10 Å². The Hall–Kier alpha value is -0.300. The molecule has 0 saturated heterocycles. The van der Waals surface area contributed by atoms with E-state index in [-0.39, 0.29) is 6.10 Å². The van der Waals surface area contributed by atoms with Gasteiger partial charge in [-0.1, -0.05) is 39.2 Å². The fraction of sp³-hybridized carbons (Fsp3) is 0.875. The smallest absolute Gasteiger partial charge is 0.0783 e. The summed E-state index contributed by atoms with van der Waals surface area (Å²) in [7, 11) is 0. The molecular weight excluding hydrogens is 208 g/mol. The van der Waals surface area contributed by atoms with Crippen molar-refractivity contribution in [1.29, 1.82) is 0 Å². The second-order valence-corrected chi connectivity index (χ2v) is 6.66. The van der Waals surface area contributed by atoms with Crippen LogP contribution in [0.15, 0.2) is 11.6 Å². The molecule has 0 heterocycles. The molecule has 0 aromatic rings. The maximum Gasteiger partial charge on any atom is 0.0783 e. The third kappa shape index (κ3) is 3.13. The molecule has 2 atom stereocenters. The predicted octanol–water partition coefficient (Wildman–Crippen LogP) is 4.45. The highest BCUT2D eigenvalue weighted by Crippen LogP contribution is 2.44. The Morgan fingerprint density at radius 3 is 2.76 bits per heavy atom. The molecule has 1 heteroatoms. The molecular formula is C16H28O. The summed E-state index contributed by atoms with van der Waals surface area (Å²) < 4.78 is 0. The standard InChI is InChI=1S/C16H28O/c1-16(2)12-8-7-11-14(16)15(17)13-9-5-3-4-6-10-13/h9,14-15,17H,3-8,10-12H2,1-2H3. The molecule has 2 rings (SSSR count). The monoisotopic (exact) mass is 236 g/mol. The van der Waals surface area contributed by atoms with E-state index >= 15 is 0 Å². The quantitative estimate of drug-likeness (QED) is 0.702. The minimum atomic E-state index is -0.164. The van der Waals surface area contributed by atoms with Gasteiger partial charge in [-0.2, -0.15) is 0 Å². The van der Waals surface area contributed by atoms with Crippen LogP contribution in [-0.4, -0.2) is 11.2 Å². The van der Waals surface area contributed by atoms with Gasteiger partial charge in [0, 0.05) is 0 Å². The average Bonchev–Trinajstić information content (AvgIpc) is 2.56. The Morgan fingerprint density at radius 1 is 1.18 bits per heavy atom. The summed E-state index contributed by atoms with van der Waals surface area (Å²) in [5.74, 6) is 0.487. The van der Waals surface area contributed by atoms with E-state index in [1.807, 2.05) is 0 Å². The lowest BCUT2D eigenvalue weighted by Crippen LogP contribution is -2.37. The lowest BCUT2D eigenvalue weighted by atomic mass is 9.65. The van der Waals surface area contributed by atoms with E-state index in [0.29, 0.717) is 11.3 Å². The number of aliphatic hydroxyl groups is 1. The molecule has 0 spiro atoms. The number of allylic oxidation sites excluding steroid dienone is 1. The normalized spacial score (nSPS) is 31.5. The van der Waals surface area contributed by atoms with Crippen molar-refractivity contribution in [2.24, 2.45) is 11.3 Å². The summed E-state index contributed by atoms with van der Waals surface area (Å²) in [5, 5.41) is 10.7. The largest absolute Gasteiger partial charge is 0.388 e. The minimum Gasteiger partial charge on any atom is -0.388 e. The van der Waals surface area contributed by atoms with Crippen molar-refractivity contribution < 1.29 is 5.11 Å². The number of rotatable bonds is 2. The van der Waals surface area contributed by atoms with Gasteiger partial charge in [0.25, 0.3) is 0 Å². The highest BCUT2D eigenvalue weighted by atomic mass is 16.3. The topological polar surface area (TPSA) is 20.2 Å². The van der Waals surface area contributed by atoms with Gasteiger partial charge >= 0.3 is 0 Å². The fourth-order valence-corrected chi connectivity index (χ4v) is 3.67. The summed E-state index contributed by atoms with van der Waals surface area (Å²) in [4.78, 5) is 0. The van der Waals surface area contributed by atoms with Crippen LogP contribution in [0.2, 0.25) is 0 Å². The summed E-state index contributed by atoms with van der Waals surface area (Å²) in [6.07, 6.45) is 13.5. The molecule has 98 valence electrons. The number of hydrogen-bond donors (Lipinski definition) is 1. The Balaban J connectivity index is 2.06. The highest BCUT2D eigenvalue weighted by Gasteiger charge is 2.37. The zero-order valence-electron chi connectivity index (χ0n) is 11.5. The van der Waals surface area contributed by atoms with Crippen molar-refractivity contribution in [1.82, 2.24) is 0 Å². The second kappa shape index (κ2) is 5.56. The zero-order valence-corrected chi connectivity index (χ0v) is 11.5. The Morgan fingerprint density at radius 2 is 2.00 bits per heavy atom. The first-order valence-corrected chi connectivity index (χ1v) is 7.48. The van der Waals surface area contributed by atoms with Crippen molar-refractivity contribution in [3.63, 3.8) is 0 Å². The Kier molecular flexibility index (Phi) is 4.30. The van der Waals surface area contributed by atoms with Gasteiger partial charge in [0.2, 0.25) is 0 Å². The molecule has 1 nitrogen and oxygen atoms in total. The van der Waals surface area contributed by atoms with Crippen LogP contribution in [0.3, 0.4) is 0 Å². The van der Waals surface area contributed by atoms with Crippen molar-refractivity contribution in [2.75, 3.05) is 0 Å². The minimum absolute atomic E-state index is 0.164. The van der Waals surface area contributed by atoms with Crippen molar-refractivity contribution >= 4 is 0 Å². The van der Waals surface area contributed by atoms with Gasteiger partial charge in [-0.15, -0.1) is 0 Å². The maximum atomic E-state index is 10.7. The van der Waals surface area contributed by atoms with Crippen LogP contribution in [0.5, 0.6) is 0 Å². The molecule has 0 bridgehead atoms. The van der Waals surface area contributed by atoms with Gasteiger partial charge < -0.3 is 5.11 Å². The maximum absolute atomic E-state index is 10.7. The molecule has 1 N–H and O–H groups in total. The predicted molar refractivity (Wildman–Crippen MR) is 72.9 cm³/mol. The van der Waals surface area contributed by atoms with Gasteiger partial charge in [-0.25, -0.2) is 0 Å². The van der Waals surface area contributed by atoms with Crippen LogP contribution >= 0.6 is 0 Å².